The number of nitrogens with one attached hydrogen (secondary N) is 1. The lowest BCUT2D eigenvalue weighted by atomic mass is 9.93. The van der Waals surface area contributed by atoms with Gasteiger partial charge in [0.15, 0.2) is 0 Å². The number of aliphatic hydroxyl groups is 1. The minimum Gasteiger partial charge on any atom is -0.409 e. The van der Waals surface area contributed by atoms with E-state index in [-0.39, 0.29) is 23.9 Å². The third-order valence-corrected chi connectivity index (χ3v) is 3.06. The summed E-state index contributed by atoms with van der Waals surface area (Å²) in [5.41, 5.74) is 5.22. The second-order valence-corrected chi connectivity index (χ2v) is 3.95. The quantitative estimate of drug-likeness (QED) is 0.216. The molecule has 5 nitrogen and oxygen atoms in total. The first-order chi connectivity index (χ1) is 7.05. The van der Waals surface area contributed by atoms with Gasteiger partial charge >= 0.3 is 0 Å². The van der Waals surface area contributed by atoms with Gasteiger partial charge in [-0.1, -0.05) is 25.9 Å². The van der Waals surface area contributed by atoms with Crippen molar-refractivity contribution in [1.29, 1.82) is 0 Å². The van der Waals surface area contributed by atoms with E-state index >= 15 is 0 Å². The zero-order valence-electron chi connectivity index (χ0n) is 9.82. The SMILES string of the molecule is CCC(CC)(CO)NCC(C)C(N)=NO. The van der Waals surface area contributed by atoms with Crippen molar-refractivity contribution in [2.45, 2.75) is 39.2 Å². The van der Waals surface area contributed by atoms with Crippen LogP contribution in [0.5, 0.6) is 0 Å². The van der Waals surface area contributed by atoms with Crippen molar-refractivity contribution >= 4 is 5.84 Å². The van der Waals surface area contributed by atoms with Crippen LogP contribution in [0.4, 0.5) is 0 Å². The fourth-order valence-electron chi connectivity index (χ4n) is 1.35. The molecule has 1 unspecified atom stereocenters. The van der Waals surface area contributed by atoms with Crippen LogP contribution in [-0.2, 0) is 0 Å². The molecule has 0 saturated carbocycles. The van der Waals surface area contributed by atoms with E-state index in [1.54, 1.807) is 0 Å². The zero-order valence-corrected chi connectivity index (χ0v) is 9.82. The maximum atomic E-state index is 9.31. The second kappa shape index (κ2) is 6.63. The molecule has 0 spiro atoms. The highest BCUT2D eigenvalue weighted by Gasteiger charge is 2.25. The molecule has 0 aromatic heterocycles. The van der Waals surface area contributed by atoms with E-state index in [1.165, 1.54) is 0 Å². The summed E-state index contributed by atoms with van der Waals surface area (Å²) < 4.78 is 0. The molecule has 0 heterocycles. The van der Waals surface area contributed by atoms with Gasteiger partial charge in [0.05, 0.1) is 6.61 Å². The summed E-state index contributed by atoms with van der Waals surface area (Å²) in [6.07, 6.45) is 1.70. The van der Waals surface area contributed by atoms with Crippen molar-refractivity contribution in [1.82, 2.24) is 5.32 Å². The van der Waals surface area contributed by atoms with Gasteiger partial charge in [0.25, 0.3) is 0 Å². The van der Waals surface area contributed by atoms with E-state index in [0.717, 1.165) is 12.8 Å². The number of oxime groups is 1. The van der Waals surface area contributed by atoms with Gasteiger partial charge in [-0.2, -0.15) is 0 Å². The van der Waals surface area contributed by atoms with E-state index in [1.807, 2.05) is 20.8 Å². The van der Waals surface area contributed by atoms with Crippen LogP contribution >= 0.6 is 0 Å². The molecule has 5 heteroatoms. The number of aliphatic hydroxyl groups excluding tert-OH is 1. The van der Waals surface area contributed by atoms with Crippen molar-refractivity contribution in [3.05, 3.63) is 0 Å². The Morgan fingerprint density at radius 2 is 2.00 bits per heavy atom. The molecule has 0 aliphatic carbocycles. The zero-order chi connectivity index (χ0) is 11.9. The van der Waals surface area contributed by atoms with Crippen LogP contribution in [0.25, 0.3) is 0 Å². The molecule has 0 aliphatic rings. The standard InChI is InChI=1S/C10H23N3O2/c1-4-10(5-2,7-14)12-6-8(3)9(11)13-15/h8,12,14-15H,4-7H2,1-3H3,(H2,11,13). The molecule has 5 N–H and O–H groups in total. The molecule has 90 valence electrons. The molecule has 0 amide bonds. The largest absolute Gasteiger partial charge is 0.409 e. The first-order valence-electron chi connectivity index (χ1n) is 5.38. The minimum atomic E-state index is -0.246. The molecular weight excluding hydrogens is 194 g/mol. The monoisotopic (exact) mass is 217 g/mol. The summed E-state index contributed by atoms with van der Waals surface area (Å²) >= 11 is 0. The summed E-state index contributed by atoms with van der Waals surface area (Å²) in [7, 11) is 0. The van der Waals surface area contributed by atoms with Crippen LogP contribution in [0.15, 0.2) is 5.16 Å². The smallest absolute Gasteiger partial charge is 0.143 e. The third kappa shape index (κ3) is 4.05. The highest BCUT2D eigenvalue weighted by atomic mass is 16.4. The first kappa shape index (κ1) is 14.2. The topological polar surface area (TPSA) is 90.9 Å². The molecule has 0 saturated heterocycles. The van der Waals surface area contributed by atoms with Gasteiger partial charge in [0, 0.05) is 18.0 Å². The number of amidine groups is 1. The van der Waals surface area contributed by atoms with Crippen molar-refractivity contribution in [3.8, 4) is 0 Å². The minimum absolute atomic E-state index is 0.0426. The van der Waals surface area contributed by atoms with E-state index in [9.17, 15) is 5.11 Å². The molecule has 0 rings (SSSR count). The predicted octanol–water partition coefficient (Wildman–Crippen LogP) is 0.510. The Labute approximate surface area is 91.4 Å². The normalized spacial score (nSPS) is 15.3. The average molecular weight is 217 g/mol. The van der Waals surface area contributed by atoms with Crippen molar-refractivity contribution in [3.63, 3.8) is 0 Å². The molecule has 0 aromatic rings. The van der Waals surface area contributed by atoms with Crippen molar-refractivity contribution in [2.24, 2.45) is 16.8 Å². The van der Waals surface area contributed by atoms with E-state index in [4.69, 9.17) is 10.9 Å². The number of hydrogen-bond donors (Lipinski definition) is 4. The van der Waals surface area contributed by atoms with Crippen LogP contribution in [0.1, 0.15) is 33.6 Å². The van der Waals surface area contributed by atoms with Crippen LogP contribution in [0, 0.1) is 5.92 Å². The van der Waals surface area contributed by atoms with Crippen LogP contribution in [0.2, 0.25) is 0 Å². The van der Waals surface area contributed by atoms with E-state index < -0.39 is 0 Å². The van der Waals surface area contributed by atoms with E-state index in [2.05, 4.69) is 10.5 Å². The lowest BCUT2D eigenvalue weighted by molar-refractivity contribution is 0.149. The highest BCUT2D eigenvalue weighted by molar-refractivity contribution is 5.82. The molecule has 0 fully saturated rings. The summed E-state index contributed by atoms with van der Waals surface area (Å²) in [4.78, 5) is 0. The predicted molar refractivity (Wildman–Crippen MR) is 61.0 cm³/mol. The number of rotatable bonds is 7. The highest BCUT2D eigenvalue weighted by Crippen LogP contribution is 2.14. The Kier molecular flexibility index (Phi) is 6.27. The van der Waals surface area contributed by atoms with Gasteiger partial charge in [-0.25, -0.2) is 0 Å². The summed E-state index contributed by atoms with van der Waals surface area (Å²) in [5, 5.41) is 24.0. The van der Waals surface area contributed by atoms with Crippen LogP contribution in [0.3, 0.4) is 0 Å². The molecule has 1 atom stereocenters. The molecule has 15 heavy (non-hydrogen) atoms. The van der Waals surface area contributed by atoms with Crippen molar-refractivity contribution < 1.29 is 10.3 Å². The summed E-state index contributed by atoms with van der Waals surface area (Å²) in [5.74, 6) is 0.167. The molecule has 0 bridgehead atoms. The number of hydrogen-bond acceptors (Lipinski definition) is 4. The fourth-order valence-corrected chi connectivity index (χ4v) is 1.35. The van der Waals surface area contributed by atoms with Gasteiger partial charge in [-0.3, -0.25) is 0 Å². The van der Waals surface area contributed by atoms with Gasteiger partial charge in [-0.15, -0.1) is 0 Å². The average Bonchev–Trinajstić information content (AvgIpc) is 2.30. The lowest BCUT2D eigenvalue weighted by Gasteiger charge is -2.32. The summed E-state index contributed by atoms with van der Waals surface area (Å²) in [6.45, 7) is 6.62. The van der Waals surface area contributed by atoms with Gasteiger partial charge in [0.2, 0.25) is 0 Å². The van der Waals surface area contributed by atoms with Crippen LogP contribution < -0.4 is 11.1 Å². The Balaban J connectivity index is 4.22. The van der Waals surface area contributed by atoms with Gasteiger partial charge in [-0.05, 0) is 12.8 Å². The lowest BCUT2D eigenvalue weighted by Crippen LogP contribution is -2.50. The van der Waals surface area contributed by atoms with Gasteiger partial charge < -0.3 is 21.4 Å². The second-order valence-electron chi connectivity index (χ2n) is 3.95. The Morgan fingerprint density at radius 3 is 2.33 bits per heavy atom. The van der Waals surface area contributed by atoms with Gasteiger partial charge in [0.1, 0.15) is 5.84 Å². The Morgan fingerprint density at radius 1 is 1.47 bits per heavy atom. The maximum absolute atomic E-state index is 9.31. The third-order valence-electron chi connectivity index (χ3n) is 3.06. The summed E-state index contributed by atoms with van der Waals surface area (Å²) in [6, 6.07) is 0. The molecule has 0 aliphatic heterocycles. The number of nitrogens with two attached hydrogens (primary N) is 1. The first-order valence-corrected chi connectivity index (χ1v) is 5.38. The Bertz CT molecular complexity index is 195. The van der Waals surface area contributed by atoms with Crippen molar-refractivity contribution in [2.75, 3.05) is 13.2 Å². The van der Waals surface area contributed by atoms with E-state index in [0.29, 0.717) is 6.54 Å². The van der Waals surface area contributed by atoms with Crippen LogP contribution in [-0.4, -0.2) is 34.8 Å². The molecule has 0 radical (unpaired) electrons. The Hall–Kier alpha value is -0.810. The number of nitrogens with zero attached hydrogens (tertiary/aromatic N) is 1. The molecule has 0 aromatic carbocycles. The fraction of sp³-hybridized carbons (Fsp3) is 0.900. The molecular formula is C10H23N3O2. The maximum Gasteiger partial charge on any atom is 0.143 e.